The summed E-state index contributed by atoms with van der Waals surface area (Å²) in [5, 5.41) is 9.54. The van der Waals surface area contributed by atoms with Crippen LogP contribution in [0.2, 0.25) is 0 Å². The second-order valence-electron chi connectivity index (χ2n) is 6.24. The summed E-state index contributed by atoms with van der Waals surface area (Å²) in [5.41, 5.74) is 1.69. The standard InChI is InChI=1S/C22H30N4OS.HI/c1-3-13-24-21(27)19-10-8-9-18(16-19)17-26-22(23-4-2)25-14-15-28-20-11-6-5-7-12-20;/h5-12,16H,3-4,13-15,17H2,1-2H3,(H,24,27)(H2,23,25,26);1H. The molecule has 2 aromatic rings. The number of rotatable bonds is 10. The number of halogens is 1. The molecule has 0 saturated heterocycles. The highest BCUT2D eigenvalue weighted by atomic mass is 127. The molecule has 0 aliphatic heterocycles. The van der Waals surface area contributed by atoms with Crippen molar-refractivity contribution in [2.45, 2.75) is 31.7 Å². The third kappa shape index (κ3) is 10.0. The summed E-state index contributed by atoms with van der Waals surface area (Å²) in [4.78, 5) is 18.0. The van der Waals surface area contributed by atoms with Gasteiger partial charge in [0.25, 0.3) is 5.91 Å². The first-order chi connectivity index (χ1) is 13.7. The van der Waals surface area contributed by atoms with Gasteiger partial charge in [-0.15, -0.1) is 35.7 Å². The van der Waals surface area contributed by atoms with E-state index < -0.39 is 0 Å². The lowest BCUT2D eigenvalue weighted by atomic mass is 10.1. The highest BCUT2D eigenvalue weighted by Crippen LogP contribution is 2.15. The van der Waals surface area contributed by atoms with Crippen molar-refractivity contribution in [1.82, 2.24) is 16.0 Å². The molecule has 2 rings (SSSR count). The van der Waals surface area contributed by atoms with Gasteiger partial charge in [0.1, 0.15) is 0 Å². The van der Waals surface area contributed by atoms with E-state index in [1.165, 1.54) is 4.90 Å². The van der Waals surface area contributed by atoms with Gasteiger partial charge in [-0.2, -0.15) is 0 Å². The van der Waals surface area contributed by atoms with E-state index in [-0.39, 0.29) is 29.9 Å². The Bertz CT molecular complexity index is 755. The van der Waals surface area contributed by atoms with Crippen molar-refractivity contribution in [2.75, 3.05) is 25.4 Å². The first-order valence-corrected chi connectivity index (χ1v) is 10.8. The molecule has 0 aliphatic carbocycles. The van der Waals surface area contributed by atoms with Gasteiger partial charge >= 0.3 is 0 Å². The van der Waals surface area contributed by atoms with Gasteiger partial charge in [-0.25, -0.2) is 4.99 Å². The Labute approximate surface area is 195 Å². The van der Waals surface area contributed by atoms with E-state index in [2.05, 4.69) is 52.1 Å². The van der Waals surface area contributed by atoms with Gasteiger partial charge in [0, 0.05) is 35.8 Å². The average Bonchev–Trinajstić information content (AvgIpc) is 2.74. The number of aliphatic imine (C=N–C) groups is 1. The Hall–Kier alpha value is -1.74. The summed E-state index contributed by atoms with van der Waals surface area (Å²) in [5.74, 6) is 1.72. The van der Waals surface area contributed by atoms with Crippen molar-refractivity contribution in [2.24, 2.45) is 4.99 Å². The zero-order chi connectivity index (χ0) is 20.0. The van der Waals surface area contributed by atoms with E-state index in [0.29, 0.717) is 18.7 Å². The van der Waals surface area contributed by atoms with E-state index in [1.807, 2.05) is 49.0 Å². The molecule has 0 aliphatic rings. The second-order valence-corrected chi connectivity index (χ2v) is 7.41. The maximum Gasteiger partial charge on any atom is 0.251 e. The molecule has 29 heavy (non-hydrogen) atoms. The molecular weight excluding hydrogens is 495 g/mol. The lowest BCUT2D eigenvalue weighted by Crippen LogP contribution is -2.38. The van der Waals surface area contributed by atoms with Crippen LogP contribution in [0.3, 0.4) is 0 Å². The van der Waals surface area contributed by atoms with E-state index in [0.717, 1.165) is 36.8 Å². The van der Waals surface area contributed by atoms with Gasteiger partial charge in [0.05, 0.1) is 6.54 Å². The maximum absolute atomic E-state index is 12.1. The molecule has 5 nitrogen and oxygen atoms in total. The average molecular weight is 526 g/mol. The zero-order valence-corrected chi connectivity index (χ0v) is 20.3. The van der Waals surface area contributed by atoms with Crippen LogP contribution in [0.25, 0.3) is 0 Å². The van der Waals surface area contributed by atoms with E-state index in [9.17, 15) is 4.79 Å². The van der Waals surface area contributed by atoms with Crippen molar-refractivity contribution >= 4 is 47.6 Å². The number of carbonyl (C=O) groups excluding carboxylic acids is 1. The largest absolute Gasteiger partial charge is 0.357 e. The Morgan fingerprint density at radius 2 is 1.76 bits per heavy atom. The van der Waals surface area contributed by atoms with Crippen LogP contribution in [0.15, 0.2) is 64.5 Å². The van der Waals surface area contributed by atoms with Gasteiger partial charge in [-0.1, -0.05) is 37.3 Å². The monoisotopic (exact) mass is 526 g/mol. The molecule has 0 bridgehead atoms. The molecule has 0 radical (unpaired) electrons. The molecule has 3 N–H and O–H groups in total. The van der Waals surface area contributed by atoms with Crippen molar-refractivity contribution in [3.63, 3.8) is 0 Å². The summed E-state index contributed by atoms with van der Waals surface area (Å²) in [6, 6.07) is 18.0. The Morgan fingerprint density at radius 3 is 2.48 bits per heavy atom. The van der Waals surface area contributed by atoms with Crippen molar-refractivity contribution in [3.8, 4) is 0 Å². The SMILES string of the molecule is CCCNC(=O)c1cccc(CN=C(NCC)NCCSc2ccccc2)c1.I. The number of hydrogen-bond donors (Lipinski definition) is 3. The lowest BCUT2D eigenvalue weighted by Gasteiger charge is -2.11. The highest BCUT2D eigenvalue weighted by molar-refractivity contribution is 14.0. The summed E-state index contributed by atoms with van der Waals surface area (Å²) in [6.07, 6.45) is 0.927. The molecule has 0 saturated carbocycles. The van der Waals surface area contributed by atoms with Gasteiger partial charge in [0.15, 0.2) is 5.96 Å². The molecule has 1 amide bonds. The highest BCUT2D eigenvalue weighted by Gasteiger charge is 2.05. The van der Waals surface area contributed by atoms with Crippen LogP contribution >= 0.6 is 35.7 Å². The van der Waals surface area contributed by atoms with Crippen molar-refractivity contribution < 1.29 is 4.79 Å². The number of thioether (sulfide) groups is 1. The Morgan fingerprint density at radius 1 is 0.966 bits per heavy atom. The van der Waals surface area contributed by atoms with Crippen LogP contribution in [0.4, 0.5) is 0 Å². The molecule has 0 fully saturated rings. The smallest absolute Gasteiger partial charge is 0.251 e. The normalized spacial score (nSPS) is 10.8. The predicted molar refractivity (Wildman–Crippen MR) is 134 cm³/mol. The molecule has 0 unspecified atom stereocenters. The van der Waals surface area contributed by atoms with Gasteiger partial charge in [-0.05, 0) is 43.2 Å². The summed E-state index contributed by atoms with van der Waals surface area (Å²) in [7, 11) is 0. The van der Waals surface area contributed by atoms with Gasteiger partial charge < -0.3 is 16.0 Å². The number of carbonyl (C=O) groups is 1. The number of nitrogens with zero attached hydrogens (tertiary/aromatic N) is 1. The van der Waals surface area contributed by atoms with Gasteiger partial charge in [0.2, 0.25) is 0 Å². The fourth-order valence-corrected chi connectivity index (χ4v) is 3.31. The molecule has 0 atom stereocenters. The third-order valence-electron chi connectivity index (χ3n) is 3.90. The number of benzene rings is 2. The van der Waals surface area contributed by atoms with E-state index in [4.69, 9.17) is 0 Å². The predicted octanol–water partition coefficient (Wildman–Crippen LogP) is 4.29. The van der Waals surface area contributed by atoms with Crippen molar-refractivity contribution in [3.05, 3.63) is 65.7 Å². The molecule has 158 valence electrons. The first-order valence-electron chi connectivity index (χ1n) is 9.80. The zero-order valence-electron chi connectivity index (χ0n) is 17.1. The lowest BCUT2D eigenvalue weighted by molar-refractivity contribution is 0.0953. The van der Waals surface area contributed by atoms with Crippen LogP contribution in [-0.2, 0) is 6.54 Å². The van der Waals surface area contributed by atoms with Crippen LogP contribution < -0.4 is 16.0 Å². The van der Waals surface area contributed by atoms with E-state index in [1.54, 1.807) is 0 Å². The minimum atomic E-state index is -0.0318. The number of nitrogens with one attached hydrogen (secondary N) is 3. The van der Waals surface area contributed by atoms with Crippen molar-refractivity contribution in [1.29, 1.82) is 0 Å². The first kappa shape index (κ1) is 25.3. The molecular formula is C22H31IN4OS. The van der Waals surface area contributed by atoms with E-state index >= 15 is 0 Å². The Kier molecular flexibility index (Phi) is 13.2. The number of guanidine groups is 1. The minimum Gasteiger partial charge on any atom is -0.357 e. The second kappa shape index (κ2) is 15.1. The molecule has 0 aromatic heterocycles. The molecule has 2 aromatic carbocycles. The third-order valence-corrected chi connectivity index (χ3v) is 4.91. The fraction of sp³-hybridized carbons (Fsp3) is 0.364. The fourth-order valence-electron chi connectivity index (χ4n) is 2.52. The maximum atomic E-state index is 12.1. The number of amides is 1. The topological polar surface area (TPSA) is 65.5 Å². The van der Waals surface area contributed by atoms with Gasteiger partial charge in [-0.3, -0.25) is 4.79 Å². The number of hydrogen-bond acceptors (Lipinski definition) is 3. The Balaban J connectivity index is 0.00000420. The van der Waals surface area contributed by atoms with Crippen LogP contribution in [-0.4, -0.2) is 37.3 Å². The van der Waals surface area contributed by atoms with Crippen LogP contribution in [0.1, 0.15) is 36.2 Å². The minimum absolute atomic E-state index is 0. The van der Waals surface area contributed by atoms with Crippen LogP contribution in [0, 0.1) is 0 Å². The summed E-state index contributed by atoms with van der Waals surface area (Å²) < 4.78 is 0. The summed E-state index contributed by atoms with van der Waals surface area (Å²) in [6.45, 7) is 6.93. The molecule has 0 heterocycles. The molecule has 0 spiro atoms. The summed E-state index contributed by atoms with van der Waals surface area (Å²) >= 11 is 1.82. The molecule has 7 heteroatoms. The van der Waals surface area contributed by atoms with Crippen LogP contribution in [0.5, 0.6) is 0 Å². The quantitative estimate of drug-likeness (QED) is 0.142.